The molecule has 0 bridgehead atoms. The molecule has 0 radical (unpaired) electrons. The summed E-state index contributed by atoms with van der Waals surface area (Å²) in [7, 11) is 0. The number of aromatic nitrogens is 2. The predicted octanol–water partition coefficient (Wildman–Crippen LogP) is 3.64. The number of nitrogens with zero attached hydrogens (tertiary/aromatic N) is 1. The van der Waals surface area contributed by atoms with Crippen LogP contribution in [0.15, 0.2) is 24.5 Å². The molecule has 0 unspecified atom stereocenters. The van der Waals surface area contributed by atoms with Crippen molar-refractivity contribution in [1.29, 1.82) is 0 Å². The van der Waals surface area contributed by atoms with E-state index in [0.717, 1.165) is 11.0 Å². The number of hydrogen-bond acceptors (Lipinski definition) is 1. The molecule has 0 saturated carbocycles. The normalized spacial score (nSPS) is 12.2. The highest BCUT2D eigenvalue weighted by Crippen LogP contribution is 2.32. The Labute approximate surface area is 90.7 Å². The summed E-state index contributed by atoms with van der Waals surface area (Å²) in [4.78, 5) is 7.57. The van der Waals surface area contributed by atoms with Gasteiger partial charge in [-0.3, -0.25) is 0 Å². The van der Waals surface area contributed by atoms with Gasteiger partial charge in [0, 0.05) is 0 Å². The van der Waals surface area contributed by atoms with Crippen LogP contribution in [-0.2, 0) is 5.41 Å². The number of imidazole rings is 1. The molecule has 1 aromatic carbocycles. The molecule has 0 aliphatic rings. The maximum absolute atomic E-state index is 4.41. The smallest absolute Gasteiger partial charge is 0.0931 e. The summed E-state index contributed by atoms with van der Waals surface area (Å²) in [5.74, 6) is 0. The summed E-state index contributed by atoms with van der Waals surface area (Å²) in [5.41, 5.74) is 3.82. The van der Waals surface area contributed by atoms with Gasteiger partial charge < -0.3 is 4.98 Å². The lowest BCUT2D eigenvalue weighted by atomic mass is 9.80. The van der Waals surface area contributed by atoms with E-state index in [1.54, 1.807) is 6.33 Å². The molecule has 0 aliphatic heterocycles. The van der Waals surface area contributed by atoms with E-state index in [4.69, 9.17) is 0 Å². The van der Waals surface area contributed by atoms with Crippen molar-refractivity contribution in [2.24, 2.45) is 0 Å². The highest BCUT2D eigenvalue weighted by Gasteiger charge is 2.22. The monoisotopic (exact) mass is 202 g/mol. The molecular formula is C13H18N2. The molecule has 2 nitrogen and oxygen atoms in total. The molecule has 1 N–H and O–H groups in total. The summed E-state index contributed by atoms with van der Waals surface area (Å²) in [6.45, 7) is 6.81. The van der Waals surface area contributed by atoms with Crippen LogP contribution in [0.3, 0.4) is 0 Å². The SMILES string of the molecule is CCCC(C)(C)c1cccc2[nH]cnc12. The molecule has 0 spiro atoms. The molecule has 15 heavy (non-hydrogen) atoms. The van der Waals surface area contributed by atoms with E-state index < -0.39 is 0 Å². The van der Waals surface area contributed by atoms with Crippen molar-refractivity contribution in [1.82, 2.24) is 9.97 Å². The minimum atomic E-state index is 0.212. The summed E-state index contributed by atoms with van der Waals surface area (Å²) in [5, 5.41) is 0. The van der Waals surface area contributed by atoms with Crippen LogP contribution in [0.2, 0.25) is 0 Å². The minimum absolute atomic E-state index is 0.212. The number of fused-ring (bicyclic) bond motifs is 1. The van der Waals surface area contributed by atoms with Gasteiger partial charge in [0.25, 0.3) is 0 Å². The standard InChI is InChI=1S/C13H18N2/c1-4-8-13(2,3)10-6-5-7-11-12(10)15-9-14-11/h5-7,9H,4,8H2,1-3H3,(H,14,15). The Balaban J connectivity index is 2.55. The maximum atomic E-state index is 4.41. The van der Waals surface area contributed by atoms with Crippen LogP contribution < -0.4 is 0 Å². The van der Waals surface area contributed by atoms with Crippen LogP contribution in [0.5, 0.6) is 0 Å². The summed E-state index contributed by atoms with van der Waals surface area (Å²) in [6, 6.07) is 6.37. The number of nitrogens with one attached hydrogen (secondary N) is 1. The summed E-state index contributed by atoms with van der Waals surface area (Å²) < 4.78 is 0. The zero-order chi connectivity index (χ0) is 10.9. The fourth-order valence-electron chi connectivity index (χ4n) is 2.27. The van der Waals surface area contributed by atoms with Gasteiger partial charge in [-0.15, -0.1) is 0 Å². The van der Waals surface area contributed by atoms with Crippen LogP contribution in [0, 0.1) is 0 Å². The Hall–Kier alpha value is -1.31. The first-order valence-electron chi connectivity index (χ1n) is 5.58. The largest absolute Gasteiger partial charge is 0.345 e. The molecule has 1 aromatic heterocycles. The van der Waals surface area contributed by atoms with E-state index in [-0.39, 0.29) is 5.41 Å². The molecule has 2 rings (SSSR count). The summed E-state index contributed by atoms with van der Waals surface area (Å²) >= 11 is 0. The molecule has 0 atom stereocenters. The van der Waals surface area contributed by atoms with Gasteiger partial charge >= 0.3 is 0 Å². The molecule has 80 valence electrons. The second-order valence-electron chi connectivity index (χ2n) is 4.74. The Bertz CT molecular complexity index is 454. The molecule has 0 amide bonds. The van der Waals surface area contributed by atoms with Crippen LogP contribution in [0.25, 0.3) is 11.0 Å². The van der Waals surface area contributed by atoms with Crippen LogP contribution >= 0.6 is 0 Å². The molecule has 1 heterocycles. The third kappa shape index (κ3) is 1.76. The van der Waals surface area contributed by atoms with E-state index in [1.807, 2.05) is 0 Å². The van der Waals surface area contributed by atoms with E-state index in [0.29, 0.717) is 0 Å². The number of benzene rings is 1. The van der Waals surface area contributed by atoms with Gasteiger partial charge in [0.15, 0.2) is 0 Å². The van der Waals surface area contributed by atoms with Crippen molar-refractivity contribution in [2.75, 3.05) is 0 Å². The van der Waals surface area contributed by atoms with Gasteiger partial charge in [-0.05, 0) is 23.5 Å². The Morgan fingerprint density at radius 1 is 1.33 bits per heavy atom. The van der Waals surface area contributed by atoms with E-state index >= 15 is 0 Å². The molecular weight excluding hydrogens is 184 g/mol. The number of rotatable bonds is 3. The van der Waals surface area contributed by atoms with Crippen molar-refractivity contribution in [3.05, 3.63) is 30.1 Å². The third-order valence-corrected chi connectivity index (χ3v) is 3.05. The molecule has 2 heteroatoms. The van der Waals surface area contributed by atoms with Crippen molar-refractivity contribution >= 4 is 11.0 Å². The van der Waals surface area contributed by atoms with Gasteiger partial charge in [0.2, 0.25) is 0 Å². The van der Waals surface area contributed by atoms with Gasteiger partial charge in [-0.1, -0.05) is 39.3 Å². The molecule has 0 saturated heterocycles. The van der Waals surface area contributed by atoms with Crippen molar-refractivity contribution in [3.63, 3.8) is 0 Å². The van der Waals surface area contributed by atoms with E-state index in [9.17, 15) is 0 Å². The number of para-hydroxylation sites is 1. The Morgan fingerprint density at radius 3 is 2.87 bits per heavy atom. The minimum Gasteiger partial charge on any atom is -0.345 e. The summed E-state index contributed by atoms with van der Waals surface area (Å²) in [6.07, 6.45) is 4.17. The van der Waals surface area contributed by atoms with Crippen LogP contribution in [0.1, 0.15) is 39.2 Å². The first-order valence-corrected chi connectivity index (χ1v) is 5.58. The number of aromatic amines is 1. The van der Waals surface area contributed by atoms with Crippen molar-refractivity contribution in [2.45, 2.75) is 39.0 Å². The lowest BCUT2D eigenvalue weighted by molar-refractivity contribution is 0.476. The second-order valence-corrected chi connectivity index (χ2v) is 4.74. The van der Waals surface area contributed by atoms with Crippen LogP contribution in [-0.4, -0.2) is 9.97 Å². The average Bonchev–Trinajstić information content (AvgIpc) is 2.64. The van der Waals surface area contributed by atoms with E-state index in [2.05, 4.69) is 48.9 Å². The first kappa shape index (κ1) is 10.2. The van der Waals surface area contributed by atoms with Crippen molar-refractivity contribution in [3.8, 4) is 0 Å². The quantitative estimate of drug-likeness (QED) is 0.808. The number of H-pyrrole nitrogens is 1. The fourth-order valence-corrected chi connectivity index (χ4v) is 2.27. The topological polar surface area (TPSA) is 28.7 Å². The highest BCUT2D eigenvalue weighted by molar-refractivity contribution is 5.79. The van der Waals surface area contributed by atoms with Gasteiger partial charge in [-0.2, -0.15) is 0 Å². The predicted molar refractivity (Wildman–Crippen MR) is 64.0 cm³/mol. The average molecular weight is 202 g/mol. The number of hydrogen-bond donors (Lipinski definition) is 1. The second kappa shape index (κ2) is 3.69. The lowest BCUT2D eigenvalue weighted by Crippen LogP contribution is -2.17. The fraction of sp³-hybridized carbons (Fsp3) is 0.462. The van der Waals surface area contributed by atoms with Crippen LogP contribution in [0.4, 0.5) is 0 Å². The van der Waals surface area contributed by atoms with Gasteiger partial charge in [0.1, 0.15) is 0 Å². The Morgan fingerprint density at radius 2 is 2.13 bits per heavy atom. The molecule has 2 aromatic rings. The zero-order valence-electron chi connectivity index (χ0n) is 9.67. The zero-order valence-corrected chi connectivity index (χ0v) is 9.67. The van der Waals surface area contributed by atoms with Gasteiger partial charge in [-0.25, -0.2) is 4.98 Å². The third-order valence-electron chi connectivity index (χ3n) is 3.05. The Kier molecular flexibility index (Phi) is 2.51. The lowest BCUT2D eigenvalue weighted by Gasteiger charge is -2.24. The molecule has 0 fully saturated rings. The molecule has 0 aliphatic carbocycles. The van der Waals surface area contributed by atoms with Crippen molar-refractivity contribution < 1.29 is 0 Å². The van der Waals surface area contributed by atoms with E-state index in [1.165, 1.54) is 18.4 Å². The maximum Gasteiger partial charge on any atom is 0.0931 e. The highest BCUT2D eigenvalue weighted by atomic mass is 14.9. The van der Waals surface area contributed by atoms with Gasteiger partial charge in [0.05, 0.1) is 17.4 Å². The first-order chi connectivity index (χ1) is 7.15.